The van der Waals surface area contributed by atoms with Gasteiger partial charge in [0.05, 0.1) is 13.2 Å². The Kier molecular flexibility index (Phi) is 4.86. The van der Waals surface area contributed by atoms with Crippen LogP contribution in [0.5, 0.6) is 5.75 Å². The lowest BCUT2D eigenvalue weighted by Gasteiger charge is -2.18. The molecule has 0 saturated carbocycles. The van der Waals surface area contributed by atoms with Gasteiger partial charge in [-0.25, -0.2) is 0 Å². The number of hydrogen-bond acceptors (Lipinski definition) is 3. The number of benzene rings is 2. The molecule has 1 unspecified atom stereocenters. The maximum Gasteiger partial charge on any atom is 0.124 e. The molecule has 0 aliphatic rings. The number of aryl methyl sites for hydroxylation is 3. The molecule has 0 bridgehead atoms. The minimum Gasteiger partial charge on any atom is -0.496 e. The van der Waals surface area contributed by atoms with Crippen molar-refractivity contribution >= 4 is 5.69 Å². The highest BCUT2D eigenvalue weighted by Crippen LogP contribution is 2.27. The molecule has 2 N–H and O–H groups in total. The number of methoxy groups -OCH3 is 1. The van der Waals surface area contributed by atoms with Crippen LogP contribution in [0, 0.1) is 20.8 Å². The monoisotopic (exact) mass is 285 g/mol. The van der Waals surface area contributed by atoms with Crippen molar-refractivity contribution in [3.8, 4) is 5.75 Å². The third kappa shape index (κ3) is 3.56. The third-order valence-corrected chi connectivity index (χ3v) is 3.70. The topological polar surface area (TPSA) is 41.5 Å². The largest absolute Gasteiger partial charge is 0.496 e. The van der Waals surface area contributed by atoms with Crippen molar-refractivity contribution in [2.24, 2.45) is 0 Å². The van der Waals surface area contributed by atoms with Gasteiger partial charge in [-0.2, -0.15) is 0 Å². The molecule has 3 nitrogen and oxygen atoms in total. The Morgan fingerprint density at radius 2 is 1.76 bits per heavy atom. The number of nitrogens with one attached hydrogen (secondary N) is 1. The molecule has 2 aromatic carbocycles. The SMILES string of the molecule is COc1ccc(C)cc1C(O)CNc1c(C)cccc1C. The maximum absolute atomic E-state index is 10.5. The summed E-state index contributed by atoms with van der Waals surface area (Å²) in [7, 11) is 1.62. The van der Waals surface area contributed by atoms with Crippen LogP contribution in [0.1, 0.15) is 28.4 Å². The molecule has 112 valence electrons. The number of ether oxygens (including phenoxy) is 1. The highest BCUT2D eigenvalue weighted by Gasteiger charge is 2.14. The minimum absolute atomic E-state index is 0.450. The van der Waals surface area contributed by atoms with E-state index in [-0.39, 0.29) is 0 Å². The van der Waals surface area contributed by atoms with E-state index in [1.165, 1.54) is 11.1 Å². The summed E-state index contributed by atoms with van der Waals surface area (Å²) in [6.07, 6.45) is -0.612. The van der Waals surface area contributed by atoms with Gasteiger partial charge in [-0.15, -0.1) is 0 Å². The van der Waals surface area contributed by atoms with E-state index in [1.54, 1.807) is 7.11 Å². The highest BCUT2D eigenvalue weighted by atomic mass is 16.5. The van der Waals surface area contributed by atoms with Crippen molar-refractivity contribution in [1.29, 1.82) is 0 Å². The number of aliphatic hydroxyl groups excluding tert-OH is 1. The van der Waals surface area contributed by atoms with Crippen LogP contribution in [-0.2, 0) is 0 Å². The van der Waals surface area contributed by atoms with Gasteiger partial charge >= 0.3 is 0 Å². The van der Waals surface area contributed by atoms with Crippen LogP contribution in [0.25, 0.3) is 0 Å². The molecule has 2 rings (SSSR count). The molecule has 3 heteroatoms. The molecule has 2 aromatic rings. The molecule has 0 fully saturated rings. The number of aliphatic hydroxyl groups is 1. The van der Waals surface area contributed by atoms with Crippen LogP contribution in [0.3, 0.4) is 0 Å². The molecule has 1 atom stereocenters. The molecule has 0 heterocycles. The first-order valence-corrected chi connectivity index (χ1v) is 7.15. The van der Waals surface area contributed by atoms with E-state index in [2.05, 4.69) is 31.3 Å². The zero-order valence-corrected chi connectivity index (χ0v) is 13.1. The lowest BCUT2D eigenvalue weighted by atomic mass is 10.0. The summed E-state index contributed by atoms with van der Waals surface area (Å²) in [5, 5.41) is 13.8. The second-order valence-corrected chi connectivity index (χ2v) is 5.41. The van der Waals surface area contributed by atoms with Crippen molar-refractivity contribution in [1.82, 2.24) is 0 Å². The van der Waals surface area contributed by atoms with Crippen molar-refractivity contribution < 1.29 is 9.84 Å². The van der Waals surface area contributed by atoms with E-state index in [9.17, 15) is 5.11 Å². The Labute approximate surface area is 126 Å². The van der Waals surface area contributed by atoms with Gasteiger partial charge in [0, 0.05) is 17.8 Å². The molecular weight excluding hydrogens is 262 g/mol. The standard InChI is InChI=1S/C18H23NO2/c1-12-8-9-17(21-4)15(10-12)16(20)11-19-18-13(2)6-5-7-14(18)3/h5-10,16,19-20H,11H2,1-4H3. The Hall–Kier alpha value is -2.00. The summed E-state index contributed by atoms with van der Waals surface area (Å²) in [4.78, 5) is 0. The summed E-state index contributed by atoms with van der Waals surface area (Å²) >= 11 is 0. The third-order valence-electron chi connectivity index (χ3n) is 3.70. The van der Waals surface area contributed by atoms with Crippen LogP contribution in [0.4, 0.5) is 5.69 Å². The van der Waals surface area contributed by atoms with Crippen LogP contribution in [-0.4, -0.2) is 18.8 Å². The van der Waals surface area contributed by atoms with E-state index in [1.807, 2.05) is 31.2 Å². The van der Waals surface area contributed by atoms with Gasteiger partial charge < -0.3 is 15.2 Å². The predicted molar refractivity (Wildman–Crippen MR) is 87.1 cm³/mol. The number of hydrogen-bond donors (Lipinski definition) is 2. The van der Waals surface area contributed by atoms with Crippen molar-refractivity contribution in [2.75, 3.05) is 19.0 Å². The maximum atomic E-state index is 10.5. The van der Waals surface area contributed by atoms with Gasteiger partial charge in [-0.1, -0.05) is 29.8 Å². The molecule has 0 amide bonds. The lowest BCUT2D eigenvalue weighted by Crippen LogP contribution is -2.14. The van der Waals surface area contributed by atoms with Crippen LogP contribution < -0.4 is 10.1 Å². The number of rotatable bonds is 5. The summed E-state index contributed by atoms with van der Waals surface area (Å²) in [6.45, 7) is 6.59. The second-order valence-electron chi connectivity index (χ2n) is 5.41. The fraction of sp³-hybridized carbons (Fsp3) is 0.333. The first-order chi connectivity index (χ1) is 10.0. The van der Waals surface area contributed by atoms with E-state index in [0.717, 1.165) is 22.6 Å². The first-order valence-electron chi connectivity index (χ1n) is 7.15. The number of anilines is 1. The summed E-state index contributed by atoms with van der Waals surface area (Å²) < 4.78 is 5.33. The van der Waals surface area contributed by atoms with Crippen molar-refractivity contribution in [3.63, 3.8) is 0 Å². The quantitative estimate of drug-likeness (QED) is 0.878. The normalized spacial score (nSPS) is 12.0. The van der Waals surface area contributed by atoms with Gasteiger partial charge in [-0.3, -0.25) is 0 Å². The van der Waals surface area contributed by atoms with Crippen LogP contribution in [0.15, 0.2) is 36.4 Å². The summed E-state index contributed by atoms with van der Waals surface area (Å²) in [5.74, 6) is 0.719. The molecule has 21 heavy (non-hydrogen) atoms. The summed E-state index contributed by atoms with van der Waals surface area (Å²) in [5.41, 5.74) is 5.37. The average molecular weight is 285 g/mol. The van der Waals surface area contributed by atoms with Crippen molar-refractivity contribution in [2.45, 2.75) is 26.9 Å². The van der Waals surface area contributed by atoms with Gasteiger partial charge in [-0.05, 0) is 44.0 Å². The lowest BCUT2D eigenvalue weighted by molar-refractivity contribution is 0.187. The number of para-hydroxylation sites is 1. The average Bonchev–Trinajstić information content (AvgIpc) is 2.46. The zero-order chi connectivity index (χ0) is 15.4. The van der Waals surface area contributed by atoms with Crippen molar-refractivity contribution in [3.05, 3.63) is 58.7 Å². The zero-order valence-electron chi connectivity index (χ0n) is 13.1. The highest BCUT2D eigenvalue weighted by molar-refractivity contribution is 5.56. The Morgan fingerprint density at radius 1 is 1.10 bits per heavy atom. The second kappa shape index (κ2) is 6.64. The van der Waals surface area contributed by atoms with E-state index in [4.69, 9.17) is 4.74 Å². The molecule has 0 aromatic heterocycles. The first kappa shape index (κ1) is 15.4. The summed E-state index contributed by atoms with van der Waals surface area (Å²) in [6, 6.07) is 12.0. The fourth-order valence-electron chi connectivity index (χ4n) is 2.52. The van der Waals surface area contributed by atoms with Crippen LogP contribution in [0.2, 0.25) is 0 Å². The molecule has 0 aliphatic carbocycles. The molecular formula is C18H23NO2. The predicted octanol–water partition coefficient (Wildman–Crippen LogP) is 3.77. The Bertz CT molecular complexity index is 602. The van der Waals surface area contributed by atoms with Gasteiger partial charge in [0.15, 0.2) is 0 Å². The van der Waals surface area contributed by atoms with E-state index >= 15 is 0 Å². The van der Waals surface area contributed by atoms with E-state index in [0.29, 0.717) is 6.54 Å². The van der Waals surface area contributed by atoms with E-state index < -0.39 is 6.10 Å². The Balaban J connectivity index is 2.15. The molecule has 0 spiro atoms. The smallest absolute Gasteiger partial charge is 0.124 e. The molecule has 0 saturated heterocycles. The van der Waals surface area contributed by atoms with Gasteiger partial charge in [0.1, 0.15) is 5.75 Å². The fourth-order valence-corrected chi connectivity index (χ4v) is 2.52. The minimum atomic E-state index is -0.612. The van der Waals surface area contributed by atoms with Crippen LogP contribution >= 0.6 is 0 Å². The van der Waals surface area contributed by atoms with Gasteiger partial charge in [0.25, 0.3) is 0 Å². The Morgan fingerprint density at radius 3 is 2.38 bits per heavy atom. The molecule has 0 aliphatic heterocycles. The molecule has 0 radical (unpaired) electrons. The van der Waals surface area contributed by atoms with Gasteiger partial charge in [0.2, 0.25) is 0 Å².